The highest BCUT2D eigenvalue weighted by atomic mass is 32.2. The summed E-state index contributed by atoms with van der Waals surface area (Å²) in [5.41, 5.74) is 0.130. The smallest absolute Gasteiger partial charge is 0.269 e. The summed E-state index contributed by atoms with van der Waals surface area (Å²) in [6.45, 7) is 1.96. The van der Waals surface area contributed by atoms with E-state index in [4.69, 9.17) is 0 Å². The third-order valence-corrected chi connectivity index (χ3v) is 5.45. The van der Waals surface area contributed by atoms with Crippen LogP contribution in [0.3, 0.4) is 0 Å². The lowest BCUT2D eigenvalue weighted by Gasteiger charge is -2.28. The summed E-state index contributed by atoms with van der Waals surface area (Å²) in [4.78, 5) is 25.9. The van der Waals surface area contributed by atoms with Crippen molar-refractivity contribution in [2.45, 2.75) is 4.90 Å². The van der Waals surface area contributed by atoms with Crippen LogP contribution in [0.1, 0.15) is 10.4 Å². The van der Waals surface area contributed by atoms with Gasteiger partial charge >= 0.3 is 0 Å². The average molecular weight is 309 g/mol. The van der Waals surface area contributed by atoms with Gasteiger partial charge in [0.2, 0.25) is 5.91 Å². The van der Waals surface area contributed by atoms with Gasteiger partial charge in [0, 0.05) is 26.2 Å². The largest absolute Gasteiger partial charge is 0.339 e. The lowest BCUT2D eigenvalue weighted by Crippen LogP contribution is -2.50. The molecular formula is C13H15N3O4S. The minimum Gasteiger partial charge on any atom is -0.339 e. The molecule has 1 aromatic carbocycles. The van der Waals surface area contributed by atoms with E-state index in [2.05, 4.69) is 5.32 Å². The Kier molecular flexibility index (Phi) is 3.42. The summed E-state index contributed by atoms with van der Waals surface area (Å²) in [7, 11) is -3.91. The number of sulfonamides is 1. The fourth-order valence-electron chi connectivity index (χ4n) is 2.52. The molecule has 1 aromatic rings. The molecule has 2 heterocycles. The van der Waals surface area contributed by atoms with Gasteiger partial charge in [-0.2, -0.15) is 0 Å². The molecule has 0 bridgehead atoms. The minimum atomic E-state index is -3.91. The fraction of sp³-hybridized carbons (Fsp3) is 0.385. The molecule has 0 atom stereocenters. The number of carbonyl (C=O) groups is 2. The Labute approximate surface area is 122 Å². The van der Waals surface area contributed by atoms with Gasteiger partial charge in [0.15, 0.2) is 0 Å². The molecule has 1 fully saturated rings. The number of hydrogen-bond acceptors (Lipinski definition) is 5. The van der Waals surface area contributed by atoms with E-state index < -0.39 is 22.5 Å². The van der Waals surface area contributed by atoms with Crippen molar-refractivity contribution < 1.29 is 18.0 Å². The Morgan fingerprint density at radius 1 is 1.19 bits per heavy atom. The minimum absolute atomic E-state index is 0.0249. The predicted molar refractivity (Wildman–Crippen MR) is 74.1 cm³/mol. The number of fused-ring (bicyclic) bond motifs is 1. The van der Waals surface area contributed by atoms with Gasteiger partial charge in [-0.3, -0.25) is 9.59 Å². The molecule has 1 N–H and O–H groups in total. The fourth-order valence-corrected chi connectivity index (χ4v) is 4.04. The summed E-state index contributed by atoms with van der Waals surface area (Å²) in [5.74, 6) is -0.977. The van der Waals surface area contributed by atoms with Crippen molar-refractivity contribution in [3.8, 4) is 0 Å². The van der Waals surface area contributed by atoms with E-state index in [-0.39, 0.29) is 16.4 Å². The molecular weight excluding hydrogens is 294 g/mol. The van der Waals surface area contributed by atoms with Crippen LogP contribution in [0.15, 0.2) is 29.2 Å². The lowest BCUT2D eigenvalue weighted by molar-refractivity contribution is -0.131. The van der Waals surface area contributed by atoms with Gasteiger partial charge in [-0.05, 0) is 12.1 Å². The molecule has 2 aliphatic rings. The zero-order valence-corrected chi connectivity index (χ0v) is 12.1. The predicted octanol–water partition coefficient (Wildman–Crippen LogP) is -0.737. The van der Waals surface area contributed by atoms with Crippen molar-refractivity contribution in [1.82, 2.24) is 14.5 Å². The summed E-state index contributed by atoms with van der Waals surface area (Å²) >= 11 is 0. The van der Waals surface area contributed by atoms with E-state index in [9.17, 15) is 18.0 Å². The molecule has 3 rings (SSSR count). The number of piperazine rings is 1. The van der Waals surface area contributed by atoms with Crippen LogP contribution in [-0.4, -0.2) is 62.2 Å². The Balaban J connectivity index is 1.84. The van der Waals surface area contributed by atoms with Crippen LogP contribution in [0.5, 0.6) is 0 Å². The second-order valence-electron chi connectivity index (χ2n) is 4.94. The van der Waals surface area contributed by atoms with Crippen LogP contribution >= 0.6 is 0 Å². The number of carbonyl (C=O) groups excluding carboxylic acids is 2. The molecule has 0 radical (unpaired) electrons. The van der Waals surface area contributed by atoms with Crippen molar-refractivity contribution in [3.63, 3.8) is 0 Å². The van der Waals surface area contributed by atoms with Crippen LogP contribution in [-0.2, 0) is 14.8 Å². The molecule has 0 aromatic heterocycles. The summed E-state index contributed by atoms with van der Waals surface area (Å²) in [6, 6.07) is 6.02. The van der Waals surface area contributed by atoms with Crippen molar-refractivity contribution in [1.29, 1.82) is 0 Å². The molecule has 0 spiro atoms. The Morgan fingerprint density at radius 3 is 2.52 bits per heavy atom. The maximum Gasteiger partial charge on any atom is 0.269 e. The number of benzene rings is 1. The molecule has 0 aliphatic carbocycles. The molecule has 1 saturated heterocycles. The standard InChI is InChI=1S/C13H15N3O4S/c17-12(15-7-5-14-6-8-15)9-16-13(18)10-3-1-2-4-11(10)21(16,19)20/h1-4,14H,5-9H2. The third kappa shape index (κ3) is 2.30. The first-order valence-corrected chi connectivity index (χ1v) is 8.10. The summed E-state index contributed by atoms with van der Waals surface area (Å²) in [5, 5.41) is 3.11. The highest BCUT2D eigenvalue weighted by Gasteiger charge is 2.42. The van der Waals surface area contributed by atoms with Crippen LogP contribution in [0.25, 0.3) is 0 Å². The average Bonchev–Trinajstić information content (AvgIpc) is 2.70. The lowest BCUT2D eigenvalue weighted by atomic mass is 10.2. The van der Waals surface area contributed by atoms with Gasteiger partial charge < -0.3 is 10.2 Å². The second kappa shape index (κ2) is 5.12. The van der Waals surface area contributed by atoms with Gasteiger partial charge in [-0.25, -0.2) is 12.7 Å². The number of nitrogens with zero attached hydrogens (tertiary/aromatic N) is 2. The molecule has 21 heavy (non-hydrogen) atoms. The van der Waals surface area contributed by atoms with Crippen LogP contribution in [0.2, 0.25) is 0 Å². The van der Waals surface area contributed by atoms with Gasteiger partial charge in [0.1, 0.15) is 11.4 Å². The molecule has 112 valence electrons. The van der Waals surface area contributed by atoms with Crippen molar-refractivity contribution in [3.05, 3.63) is 29.8 Å². The maximum atomic E-state index is 12.3. The Morgan fingerprint density at radius 2 is 1.86 bits per heavy atom. The quantitative estimate of drug-likeness (QED) is 0.778. The van der Waals surface area contributed by atoms with E-state index in [1.165, 1.54) is 12.1 Å². The first-order valence-electron chi connectivity index (χ1n) is 6.66. The zero-order chi connectivity index (χ0) is 15.0. The first-order chi connectivity index (χ1) is 10.0. The number of nitrogens with one attached hydrogen (secondary N) is 1. The Hall–Kier alpha value is -1.93. The van der Waals surface area contributed by atoms with Crippen molar-refractivity contribution in [2.75, 3.05) is 32.7 Å². The maximum absolute atomic E-state index is 12.3. The van der Waals surface area contributed by atoms with Gasteiger partial charge in [0.05, 0.1) is 5.56 Å². The van der Waals surface area contributed by atoms with E-state index in [0.29, 0.717) is 30.5 Å². The van der Waals surface area contributed by atoms with Crippen LogP contribution in [0, 0.1) is 0 Å². The topological polar surface area (TPSA) is 86.8 Å². The first kappa shape index (κ1) is 14.0. The van der Waals surface area contributed by atoms with Crippen LogP contribution in [0.4, 0.5) is 0 Å². The van der Waals surface area contributed by atoms with E-state index >= 15 is 0 Å². The number of rotatable bonds is 2. The zero-order valence-electron chi connectivity index (χ0n) is 11.3. The van der Waals surface area contributed by atoms with E-state index in [0.717, 1.165) is 0 Å². The Bertz CT molecular complexity index is 695. The second-order valence-corrected chi connectivity index (χ2v) is 6.77. The molecule has 2 amide bonds. The highest BCUT2D eigenvalue weighted by Crippen LogP contribution is 2.29. The third-order valence-electron chi connectivity index (χ3n) is 3.66. The molecule has 0 unspecified atom stereocenters. The van der Waals surface area contributed by atoms with Crippen LogP contribution < -0.4 is 5.32 Å². The summed E-state index contributed by atoms with van der Waals surface area (Å²) < 4.78 is 25.3. The SMILES string of the molecule is O=C(CN1C(=O)c2ccccc2S1(=O)=O)N1CCNCC1. The van der Waals surface area contributed by atoms with E-state index in [1.54, 1.807) is 17.0 Å². The number of amides is 2. The summed E-state index contributed by atoms with van der Waals surface area (Å²) in [6.07, 6.45) is 0. The molecule has 0 saturated carbocycles. The van der Waals surface area contributed by atoms with E-state index in [1.807, 2.05) is 0 Å². The van der Waals surface area contributed by atoms with Gasteiger partial charge in [-0.15, -0.1) is 0 Å². The monoisotopic (exact) mass is 309 g/mol. The molecule has 7 nitrogen and oxygen atoms in total. The number of hydrogen-bond donors (Lipinski definition) is 1. The normalized spacial score (nSPS) is 20.5. The van der Waals surface area contributed by atoms with Gasteiger partial charge in [-0.1, -0.05) is 12.1 Å². The molecule has 8 heteroatoms. The highest BCUT2D eigenvalue weighted by molar-refractivity contribution is 7.90. The molecule has 2 aliphatic heterocycles. The van der Waals surface area contributed by atoms with Crippen molar-refractivity contribution >= 4 is 21.8 Å². The van der Waals surface area contributed by atoms with Crippen molar-refractivity contribution in [2.24, 2.45) is 0 Å². The van der Waals surface area contributed by atoms with Gasteiger partial charge in [0.25, 0.3) is 15.9 Å².